The number of carbonyl (C=O) groups is 1. The van der Waals surface area contributed by atoms with Gasteiger partial charge >= 0.3 is 5.97 Å². The van der Waals surface area contributed by atoms with E-state index in [1.165, 1.54) is 0 Å². The molecule has 1 aromatic carbocycles. The van der Waals surface area contributed by atoms with Gasteiger partial charge < -0.3 is 0 Å². The number of hydrogen-bond acceptors (Lipinski definition) is 1. The number of hydrogen-bond donors (Lipinski definition) is 0. The smallest absolute Gasteiger partial charge is 0.242 e. The summed E-state index contributed by atoms with van der Waals surface area (Å²) in [5.74, 6) is -1.10. The van der Waals surface area contributed by atoms with E-state index in [4.69, 9.17) is 0 Å². The lowest BCUT2D eigenvalue weighted by atomic mass is 10.2. The maximum absolute atomic E-state index is 10.6. The van der Waals surface area contributed by atoms with Gasteiger partial charge in [-0.25, -0.2) is 9.90 Å². The van der Waals surface area contributed by atoms with E-state index in [-0.39, 0.29) is 5.56 Å². The minimum absolute atomic E-state index is 0.278. The molecule has 0 saturated carbocycles. The lowest BCUT2D eigenvalue weighted by molar-refractivity contribution is 0.0573. The van der Waals surface area contributed by atoms with Crippen molar-refractivity contribution in [3.05, 3.63) is 29.8 Å². The van der Waals surface area contributed by atoms with Crippen LogP contribution in [0.15, 0.2) is 24.3 Å². The van der Waals surface area contributed by atoms with E-state index in [9.17, 15) is 9.90 Å². The first-order valence-corrected chi connectivity index (χ1v) is 7.73. The van der Waals surface area contributed by atoms with Gasteiger partial charge in [-0.1, -0.05) is 37.0 Å². The van der Waals surface area contributed by atoms with Crippen molar-refractivity contribution < 1.29 is 9.90 Å². The van der Waals surface area contributed by atoms with E-state index in [0.29, 0.717) is 0 Å². The molecule has 69 valence electrons. The molecule has 1 radical (unpaired) electrons. The molecule has 0 spiro atoms. The molecule has 0 bridgehead atoms. The van der Waals surface area contributed by atoms with Gasteiger partial charge in [-0.15, -0.1) is 0 Å². The summed E-state index contributed by atoms with van der Waals surface area (Å²) in [7, 11) is -1.40. The van der Waals surface area contributed by atoms with Crippen molar-refractivity contribution in [2.24, 2.45) is 0 Å². The summed E-state index contributed by atoms with van der Waals surface area (Å²) >= 11 is 0. The molecule has 0 fully saturated rings. The predicted molar refractivity (Wildman–Crippen MR) is 54.4 cm³/mol. The van der Waals surface area contributed by atoms with E-state index >= 15 is 0 Å². The third-order valence-corrected chi connectivity index (χ3v) is 4.01. The SMILES string of the molecule is C[Si](C)(C)c1cccc(C([O])=O)c1. The first kappa shape index (κ1) is 9.99. The zero-order chi connectivity index (χ0) is 10.1. The third kappa shape index (κ3) is 2.42. The van der Waals surface area contributed by atoms with Crippen LogP contribution in [0.25, 0.3) is 0 Å². The van der Waals surface area contributed by atoms with Crippen LogP contribution >= 0.6 is 0 Å². The van der Waals surface area contributed by atoms with Crippen LogP contribution in [-0.2, 0) is 5.11 Å². The van der Waals surface area contributed by atoms with E-state index in [1.807, 2.05) is 6.07 Å². The standard InChI is InChI=1S/C10H13O2Si/c1-13(2,3)9-6-4-5-8(7-9)10(11)12/h4-7H,1-3H3. The molecule has 1 rings (SSSR count). The Hall–Kier alpha value is -1.09. The van der Waals surface area contributed by atoms with Crippen LogP contribution in [-0.4, -0.2) is 14.0 Å². The maximum Gasteiger partial charge on any atom is 0.386 e. The van der Waals surface area contributed by atoms with Crippen molar-refractivity contribution in [1.82, 2.24) is 0 Å². The largest absolute Gasteiger partial charge is 0.386 e. The molecular weight excluding hydrogens is 180 g/mol. The molecule has 0 N–H and O–H groups in total. The highest BCUT2D eigenvalue weighted by atomic mass is 28.3. The Labute approximate surface area is 79.2 Å². The third-order valence-electron chi connectivity index (χ3n) is 1.96. The lowest BCUT2D eigenvalue weighted by Crippen LogP contribution is -2.37. The molecule has 0 aromatic heterocycles. The van der Waals surface area contributed by atoms with E-state index in [2.05, 4.69) is 19.6 Å². The second kappa shape index (κ2) is 3.34. The summed E-state index contributed by atoms with van der Waals surface area (Å²) in [4.78, 5) is 10.6. The van der Waals surface area contributed by atoms with Crippen LogP contribution in [0.3, 0.4) is 0 Å². The Morgan fingerprint density at radius 3 is 2.31 bits per heavy atom. The molecule has 0 aliphatic rings. The molecule has 0 unspecified atom stereocenters. The topological polar surface area (TPSA) is 37.0 Å². The van der Waals surface area contributed by atoms with Gasteiger partial charge in [0.25, 0.3) is 0 Å². The molecule has 2 nitrogen and oxygen atoms in total. The van der Waals surface area contributed by atoms with Gasteiger partial charge in [-0.3, -0.25) is 0 Å². The Morgan fingerprint density at radius 1 is 1.23 bits per heavy atom. The lowest BCUT2D eigenvalue weighted by Gasteiger charge is -2.16. The highest BCUT2D eigenvalue weighted by molar-refractivity contribution is 6.88. The van der Waals surface area contributed by atoms with Gasteiger partial charge in [0.2, 0.25) is 0 Å². The van der Waals surface area contributed by atoms with Crippen LogP contribution in [0.4, 0.5) is 0 Å². The molecule has 0 saturated heterocycles. The normalized spacial score (nSPS) is 11.3. The molecule has 13 heavy (non-hydrogen) atoms. The number of benzene rings is 1. The summed E-state index contributed by atoms with van der Waals surface area (Å²) < 4.78 is 0. The minimum atomic E-state index is -1.40. The van der Waals surface area contributed by atoms with E-state index in [0.717, 1.165) is 5.19 Å². The van der Waals surface area contributed by atoms with Crippen LogP contribution in [0.5, 0.6) is 0 Å². The summed E-state index contributed by atoms with van der Waals surface area (Å²) in [6, 6.07) is 7.05. The second-order valence-corrected chi connectivity index (χ2v) is 9.20. The van der Waals surface area contributed by atoms with Gasteiger partial charge in [0.15, 0.2) is 0 Å². The average Bonchev–Trinajstić information content (AvgIpc) is 2.03. The summed E-state index contributed by atoms with van der Waals surface area (Å²) in [5.41, 5.74) is 0.278. The van der Waals surface area contributed by atoms with Crippen molar-refractivity contribution in [1.29, 1.82) is 0 Å². The second-order valence-electron chi connectivity index (χ2n) is 4.12. The van der Waals surface area contributed by atoms with Crippen molar-refractivity contribution in [3.8, 4) is 0 Å². The van der Waals surface area contributed by atoms with Crippen LogP contribution in [0.2, 0.25) is 19.6 Å². The Morgan fingerprint density at radius 2 is 1.85 bits per heavy atom. The Bertz CT molecular complexity index is 326. The monoisotopic (exact) mass is 193 g/mol. The predicted octanol–water partition coefficient (Wildman–Crippen LogP) is 1.80. The number of carbonyl (C=O) groups excluding carboxylic acids is 1. The maximum atomic E-state index is 10.6. The van der Waals surface area contributed by atoms with Crippen LogP contribution in [0, 0.1) is 0 Å². The Kier molecular flexibility index (Phi) is 2.57. The molecule has 0 aliphatic heterocycles. The molecule has 0 aliphatic carbocycles. The summed E-state index contributed by atoms with van der Waals surface area (Å²) in [5, 5.41) is 11.7. The molecule has 0 amide bonds. The van der Waals surface area contributed by atoms with Gasteiger partial charge in [-0.2, -0.15) is 0 Å². The molecular formula is C10H13O2Si. The fraction of sp³-hybridized carbons (Fsp3) is 0.300. The minimum Gasteiger partial charge on any atom is -0.242 e. The molecule has 0 heterocycles. The molecule has 3 heteroatoms. The zero-order valence-corrected chi connectivity index (χ0v) is 9.13. The van der Waals surface area contributed by atoms with Crippen molar-refractivity contribution in [2.45, 2.75) is 19.6 Å². The van der Waals surface area contributed by atoms with E-state index in [1.54, 1.807) is 18.2 Å². The quantitative estimate of drug-likeness (QED) is 0.660. The van der Waals surface area contributed by atoms with Gasteiger partial charge in [-0.05, 0) is 12.1 Å². The van der Waals surface area contributed by atoms with Crippen molar-refractivity contribution in [2.75, 3.05) is 0 Å². The van der Waals surface area contributed by atoms with Gasteiger partial charge in [0.05, 0.1) is 13.6 Å². The first-order chi connectivity index (χ1) is 5.91. The summed E-state index contributed by atoms with van der Waals surface area (Å²) in [6.45, 7) is 6.55. The molecule has 0 atom stereocenters. The van der Waals surface area contributed by atoms with Gasteiger partial charge in [0, 0.05) is 0 Å². The fourth-order valence-corrected chi connectivity index (χ4v) is 2.30. The fourth-order valence-electron chi connectivity index (χ4n) is 1.11. The van der Waals surface area contributed by atoms with Crippen molar-refractivity contribution >= 4 is 19.2 Å². The Balaban J connectivity index is 3.13. The molecule has 1 aromatic rings. The van der Waals surface area contributed by atoms with E-state index < -0.39 is 14.0 Å². The van der Waals surface area contributed by atoms with Crippen LogP contribution < -0.4 is 5.19 Å². The van der Waals surface area contributed by atoms with Gasteiger partial charge in [0.1, 0.15) is 0 Å². The highest BCUT2D eigenvalue weighted by Crippen LogP contribution is 2.05. The zero-order valence-electron chi connectivity index (χ0n) is 8.13. The highest BCUT2D eigenvalue weighted by Gasteiger charge is 2.17. The van der Waals surface area contributed by atoms with Crippen LogP contribution in [0.1, 0.15) is 10.4 Å². The number of rotatable bonds is 2. The first-order valence-electron chi connectivity index (χ1n) is 4.23. The summed E-state index contributed by atoms with van der Waals surface area (Å²) in [6.07, 6.45) is 0. The van der Waals surface area contributed by atoms with Crippen molar-refractivity contribution in [3.63, 3.8) is 0 Å². The average molecular weight is 193 g/mol.